The summed E-state index contributed by atoms with van der Waals surface area (Å²) >= 11 is 0. The predicted molar refractivity (Wildman–Crippen MR) is 67.9 cm³/mol. The Balaban J connectivity index is 1.69. The van der Waals surface area contributed by atoms with E-state index in [1.165, 1.54) is 24.8 Å². The molecule has 1 aromatic carbocycles. The van der Waals surface area contributed by atoms with Crippen molar-refractivity contribution in [2.45, 2.75) is 50.2 Å². The van der Waals surface area contributed by atoms with E-state index in [1.807, 2.05) is 12.1 Å². The van der Waals surface area contributed by atoms with Gasteiger partial charge in [-0.3, -0.25) is 0 Å². The van der Waals surface area contributed by atoms with Gasteiger partial charge in [-0.2, -0.15) is 0 Å². The fourth-order valence-corrected chi connectivity index (χ4v) is 2.89. The van der Waals surface area contributed by atoms with Gasteiger partial charge < -0.3 is 5.32 Å². The Morgan fingerprint density at radius 2 is 1.82 bits per heavy atom. The van der Waals surface area contributed by atoms with Gasteiger partial charge >= 0.3 is 0 Å². The second-order valence-corrected chi connectivity index (χ2v) is 5.40. The zero-order valence-electron chi connectivity index (χ0n) is 10.2. The summed E-state index contributed by atoms with van der Waals surface area (Å²) < 4.78 is 14.2. The normalized spacial score (nSPS) is 26.8. The molecule has 2 aliphatic rings. The van der Waals surface area contributed by atoms with Crippen LogP contribution in [0.5, 0.6) is 0 Å². The molecule has 2 atom stereocenters. The molecule has 2 fully saturated rings. The first kappa shape index (κ1) is 11.2. The minimum Gasteiger partial charge on any atom is -0.311 e. The molecule has 92 valence electrons. The molecule has 0 spiro atoms. The van der Waals surface area contributed by atoms with Crippen LogP contribution in [0.4, 0.5) is 4.39 Å². The topological polar surface area (TPSA) is 12.0 Å². The Kier molecular flexibility index (Phi) is 3.15. The summed E-state index contributed by atoms with van der Waals surface area (Å²) in [7, 11) is 0. The van der Waals surface area contributed by atoms with Gasteiger partial charge in [0.15, 0.2) is 0 Å². The molecule has 1 N–H and O–H groups in total. The first-order valence-corrected chi connectivity index (χ1v) is 6.82. The third-order valence-electron chi connectivity index (χ3n) is 4.28. The molecule has 1 saturated heterocycles. The summed E-state index contributed by atoms with van der Waals surface area (Å²) in [5, 5.41) is 3.24. The van der Waals surface area contributed by atoms with Gasteiger partial charge in [-0.1, -0.05) is 30.7 Å². The second kappa shape index (κ2) is 4.77. The van der Waals surface area contributed by atoms with Gasteiger partial charge in [-0.15, -0.1) is 0 Å². The van der Waals surface area contributed by atoms with Crippen LogP contribution in [0.2, 0.25) is 0 Å². The minimum atomic E-state index is -0.840. The van der Waals surface area contributed by atoms with Crippen LogP contribution < -0.4 is 5.32 Å². The van der Waals surface area contributed by atoms with Crippen LogP contribution in [0.25, 0.3) is 0 Å². The fraction of sp³-hybridized carbons (Fsp3) is 0.600. The van der Waals surface area contributed by atoms with E-state index in [2.05, 4.69) is 17.4 Å². The molecule has 1 heterocycles. The quantitative estimate of drug-likeness (QED) is 0.839. The summed E-state index contributed by atoms with van der Waals surface area (Å²) in [5.74, 6) is 0.742. The van der Waals surface area contributed by atoms with E-state index in [0.717, 1.165) is 30.9 Å². The lowest BCUT2D eigenvalue weighted by Crippen LogP contribution is -2.26. The minimum absolute atomic E-state index is 0.0320. The van der Waals surface area contributed by atoms with E-state index in [9.17, 15) is 4.39 Å². The highest BCUT2D eigenvalue weighted by Crippen LogP contribution is 2.37. The lowest BCUT2D eigenvalue weighted by molar-refractivity contribution is 0.271. The van der Waals surface area contributed by atoms with Gasteiger partial charge in [0, 0.05) is 6.04 Å². The van der Waals surface area contributed by atoms with Crippen molar-refractivity contribution >= 4 is 0 Å². The molecule has 0 bridgehead atoms. The molecule has 2 unspecified atom stereocenters. The Morgan fingerprint density at radius 1 is 1.06 bits per heavy atom. The smallest absolute Gasteiger partial charge is 0.140 e. The van der Waals surface area contributed by atoms with E-state index >= 15 is 0 Å². The molecule has 1 saturated carbocycles. The first-order chi connectivity index (χ1) is 8.34. The maximum absolute atomic E-state index is 14.2. The average molecular weight is 233 g/mol. The zero-order valence-corrected chi connectivity index (χ0v) is 10.2. The third-order valence-corrected chi connectivity index (χ3v) is 4.28. The number of hydrogen-bond acceptors (Lipinski definition) is 1. The Hall–Kier alpha value is -0.890. The summed E-state index contributed by atoms with van der Waals surface area (Å²) in [6.45, 7) is 0.964. The molecule has 1 aliphatic carbocycles. The first-order valence-electron chi connectivity index (χ1n) is 6.82. The molecule has 2 heteroatoms. The highest BCUT2D eigenvalue weighted by molar-refractivity contribution is 5.28. The van der Waals surface area contributed by atoms with Gasteiger partial charge in [0.2, 0.25) is 0 Å². The van der Waals surface area contributed by atoms with Gasteiger partial charge in [0.1, 0.15) is 6.17 Å². The van der Waals surface area contributed by atoms with Crippen molar-refractivity contribution in [2.75, 3.05) is 6.54 Å². The highest BCUT2D eigenvalue weighted by Gasteiger charge is 2.26. The van der Waals surface area contributed by atoms with Gasteiger partial charge in [-0.25, -0.2) is 4.39 Å². The summed E-state index contributed by atoms with van der Waals surface area (Å²) in [4.78, 5) is 0. The Labute approximate surface area is 102 Å². The van der Waals surface area contributed by atoms with E-state index in [4.69, 9.17) is 0 Å². The van der Waals surface area contributed by atoms with Crippen LogP contribution in [-0.2, 0) is 0 Å². The second-order valence-electron chi connectivity index (χ2n) is 5.40. The maximum Gasteiger partial charge on any atom is 0.140 e. The Bertz CT molecular complexity index is 363. The predicted octanol–water partition coefficient (Wildman–Crippen LogP) is 3.72. The Morgan fingerprint density at radius 3 is 2.35 bits per heavy atom. The molecule has 0 radical (unpaired) electrons. The van der Waals surface area contributed by atoms with E-state index < -0.39 is 6.17 Å². The summed E-state index contributed by atoms with van der Waals surface area (Å²) in [6.07, 6.45) is 5.19. The van der Waals surface area contributed by atoms with Crippen LogP contribution in [0.15, 0.2) is 24.3 Å². The van der Waals surface area contributed by atoms with Crippen molar-refractivity contribution in [3.8, 4) is 0 Å². The largest absolute Gasteiger partial charge is 0.311 e. The van der Waals surface area contributed by atoms with Crippen LogP contribution in [-0.4, -0.2) is 12.6 Å². The zero-order chi connectivity index (χ0) is 11.7. The molecule has 1 aliphatic heterocycles. The molecule has 3 rings (SSSR count). The van der Waals surface area contributed by atoms with Crippen molar-refractivity contribution < 1.29 is 4.39 Å². The number of benzene rings is 1. The van der Waals surface area contributed by atoms with Crippen molar-refractivity contribution in [3.63, 3.8) is 0 Å². The fourth-order valence-electron chi connectivity index (χ4n) is 2.89. The number of alkyl halides is 1. The van der Waals surface area contributed by atoms with Crippen molar-refractivity contribution in [1.29, 1.82) is 0 Å². The van der Waals surface area contributed by atoms with Gasteiger partial charge in [0.25, 0.3) is 0 Å². The number of halogens is 1. The van der Waals surface area contributed by atoms with E-state index in [1.54, 1.807) is 0 Å². The van der Waals surface area contributed by atoms with E-state index in [0.29, 0.717) is 0 Å². The summed E-state index contributed by atoms with van der Waals surface area (Å²) in [6, 6.07) is 8.25. The number of hydrogen-bond donors (Lipinski definition) is 1. The van der Waals surface area contributed by atoms with Crippen molar-refractivity contribution in [1.82, 2.24) is 5.32 Å². The summed E-state index contributed by atoms with van der Waals surface area (Å²) in [5.41, 5.74) is 2.24. The standard InChI is InChI=1S/C15H20FN/c16-15(14-5-2-10-17-14)13-8-6-12(7-9-13)11-3-1-4-11/h6-9,11,14-15,17H,1-5,10H2. The van der Waals surface area contributed by atoms with E-state index in [-0.39, 0.29) is 6.04 Å². The highest BCUT2D eigenvalue weighted by atomic mass is 19.1. The number of rotatable bonds is 3. The lowest BCUT2D eigenvalue weighted by Gasteiger charge is -2.26. The third kappa shape index (κ3) is 2.23. The van der Waals surface area contributed by atoms with Gasteiger partial charge in [0.05, 0.1) is 0 Å². The molecule has 1 aromatic rings. The maximum atomic E-state index is 14.2. The molecular weight excluding hydrogens is 213 g/mol. The van der Waals surface area contributed by atoms with Gasteiger partial charge in [-0.05, 0) is 49.3 Å². The van der Waals surface area contributed by atoms with Crippen molar-refractivity contribution in [2.24, 2.45) is 0 Å². The average Bonchev–Trinajstić information content (AvgIpc) is 2.80. The number of nitrogens with one attached hydrogen (secondary N) is 1. The van der Waals surface area contributed by atoms with Crippen LogP contribution in [0, 0.1) is 0 Å². The molecule has 0 aromatic heterocycles. The van der Waals surface area contributed by atoms with Crippen molar-refractivity contribution in [3.05, 3.63) is 35.4 Å². The lowest BCUT2D eigenvalue weighted by atomic mass is 9.80. The van der Waals surface area contributed by atoms with Crippen LogP contribution in [0.3, 0.4) is 0 Å². The van der Waals surface area contributed by atoms with Crippen LogP contribution in [0.1, 0.15) is 55.3 Å². The molecular formula is C15H20FN. The molecule has 0 amide bonds. The monoisotopic (exact) mass is 233 g/mol. The molecule has 1 nitrogen and oxygen atoms in total. The molecule has 17 heavy (non-hydrogen) atoms. The SMILES string of the molecule is FC(c1ccc(C2CCC2)cc1)C1CCCN1. The van der Waals surface area contributed by atoms with Crippen LogP contribution >= 0.6 is 0 Å².